The van der Waals surface area contributed by atoms with E-state index < -0.39 is 22.0 Å². The number of nitrogens with one attached hydrogen (secondary N) is 2. The van der Waals surface area contributed by atoms with Gasteiger partial charge in [0.2, 0.25) is 15.9 Å². The summed E-state index contributed by atoms with van der Waals surface area (Å²) in [6.45, 7) is 0.247. The minimum atomic E-state index is -4.00. The minimum Gasteiger partial charge on any atom is -0.480 e. The van der Waals surface area contributed by atoms with E-state index >= 15 is 0 Å². The molecular formula is C18H29N5O5S. The first-order valence-corrected chi connectivity index (χ1v) is 10.8. The zero-order valence-corrected chi connectivity index (χ0v) is 17.0. The van der Waals surface area contributed by atoms with E-state index in [4.69, 9.17) is 11.5 Å². The number of unbranched alkanes of at least 4 members (excludes halogenated alkanes) is 4. The molecule has 0 aliphatic rings. The zero-order chi connectivity index (χ0) is 21.7. The number of carbonyl (C=O) groups is 2. The fourth-order valence-electron chi connectivity index (χ4n) is 2.47. The molecule has 0 heterocycles. The molecule has 162 valence electrons. The molecule has 0 bridgehead atoms. The third-order valence-electron chi connectivity index (χ3n) is 4.01. The van der Waals surface area contributed by atoms with Gasteiger partial charge in [-0.15, -0.1) is 0 Å². The number of guanidine groups is 1. The van der Waals surface area contributed by atoms with Gasteiger partial charge in [0.05, 0.1) is 4.90 Å². The van der Waals surface area contributed by atoms with E-state index in [0.29, 0.717) is 13.0 Å². The highest BCUT2D eigenvalue weighted by molar-refractivity contribution is 7.89. The van der Waals surface area contributed by atoms with Gasteiger partial charge in [0, 0.05) is 19.5 Å². The number of carboxylic acid groups (broad SMARTS) is 1. The topological polar surface area (TPSA) is 177 Å². The van der Waals surface area contributed by atoms with E-state index in [1.165, 1.54) is 24.3 Å². The van der Waals surface area contributed by atoms with Crippen LogP contribution in [0.25, 0.3) is 0 Å². The Balaban J connectivity index is 2.32. The van der Waals surface area contributed by atoms with Crippen LogP contribution in [0.2, 0.25) is 0 Å². The van der Waals surface area contributed by atoms with Crippen molar-refractivity contribution in [2.24, 2.45) is 16.5 Å². The summed E-state index contributed by atoms with van der Waals surface area (Å²) < 4.78 is 26.6. The molecule has 10 nitrogen and oxygen atoms in total. The summed E-state index contributed by atoms with van der Waals surface area (Å²) in [6, 6.07) is 5.98. The zero-order valence-electron chi connectivity index (χ0n) is 16.2. The molecule has 0 radical (unpaired) electrons. The van der Waals surface area contributed by atoms with Gasteiger partial charge in [0.1, 0.15) is 6.04 Å². The van der Waals surface area contributed by atoms with E-state index in [9.17, 15) is 23.1 Å². The lowest BCUT2D eigenvalue weighted by Crippen LogP contribution is -2.48. The van der Waals surface area contributed by atoms with Crippen LogP contribution < -0.4 is 21.5 Å². The molecule has 0 aromatic heterocycles. The van der Waals surface area contributed by atoms with Gasteiger partial charge in [-0.3, -0.25) is 14.6 Å². The van der Waals surface area contributed by atoms with Crippen molar-refractivity contribution in [3.05, 3.63) is 30.3 Å². The van der Waals surface area contributed by atoms with Gasteiger partial charge in [-0.2, -0.15) is 4.72 Å². The molecule has 1 aromatic rings. The number of hydrogen-bond donors (Lipinski definition) is 5. The normalized spacial score (nSPS) is 12.1. The Morgan fingerprint density at radius 2 is 1.66 bits per heavy atom. The number of hydrogen-bond acceptors (Lipinski definition) is 5. The second kappa shape index (κ2) is 12.7. The smallest absolute Gasteiger partial charge is 0.323 e. The molecule has 0 fully saturated rings. The van der Waals surface area contributed by atoms with E-state index in [0.717, 1.165) is 25.7 Å². The second-order valence-electron chi connectivity index (χ2n) is 6.45. The first-order chi connectivity index (χ1) is 13.7. The number of aliphatic carboxylic acids is 1. The highest BCUT2D eigenvalue weighted by Crippen LogP contribution is 2.08. The van der Waals surface area contributed by atoms with Crippen LogP contribution in [-0.2, 0) is 19.6 Å². The molecule has 1 atom stereocenters. The summed E-state index contributed by atoms with van der Waals surface area (Å²) in [5.41, 5.74) is 10.5. The molecule has 1 unspecified atom stereocenters. The molecule has 1 amide bonds. The number of nitrogens with zero attached hydrogens (tertiary/aromatic N) is 1. The number of carbonyl (C=O) groups excluding carboxylic acids is 1. The van der Waals surface area contributed by atoms with E-state index in [1.54, 1.807) is 6.07 Å². The van der Waals surface area contributed by atoms with Gasteiger partial charge in [-0.1, -0.05) is 37.5 Å². The summed E-state index contributed by atoms with van der Waals surface area (Å²) in [7, 11) is -4.00. The molecule has 0 aliphatic heterocycles. The fraction of sp³-hybridized carbons (Fsp3) is 0.500. The van der Waals surface area contributed by atoms with Crippen molar-refractivity contribution in [2.45, 2.75) is 49.5 Å². The van der Waals surface area contributed by atoms with Crippen LogP contribution in [0, 0.1) is 0 Å². The molecule has 1 rings (SSSR count). The molecule has 7 N–H and O–H groups in total. The molecule has 1 aromatic carbocycles. The number of carboxylic acids is 1. The third kappa shape index (κ3) is 10.5. The van der Waals surface area contributed by atoms with Crippen molar-refractivity contribution in [3.8, 4) is 0 Å². The number of amides is 1. The molecule has 0 saturated heterocycles. The van der Waals surface area contributed by atoms with Gasteiger partial charge in [-0.05, 0) is 25.0 Å². The monoisotopic (exact) mass is 427 g/mol. The van der Waals surface area contributed by atoms with Crippen LogP contribution in [0.15, 0.2) is 40.2 Å². The van der Waals surface area contributed by atoms with Crippen LogP contribution in [-0.4, -0.2) is 50.5 Å². The van der Waals surface area contributed by atoms with Gasteiger partial charge >= 0.3 is 5.97 Å². The average Bonchev–Trinajstić information content (AvgIpc) is 2.67. The summed E-state index contributed by atoms with van der Waals surface area (Å²) in [6.07, 6.45) is 4.49. The number of benzene rings is 1. The SMILES string of the molecule is NC(N)=NCCCCCCCC(=O)NCC(NS(=O)(=O)c1ccccc1)C(=O)O. The Morgan fingerprint density at radius 3 is 2.28 bits per heavy atom. The first kappa shape index (κ1) is 24.4. The molecule has 11 heteroatoms. The predicted molar refractivity (Wildman–Crippen MR) is 110 cm³/mol. The second-order valence-corrected chi connectivity index (χ2v) is 8.17. The standard InChI is InChI=1S/C18H29N5O5S/c19-18(20)21-12-8-3-1-2-7-11-16(24)22-13-15(17(25)26)23-29(27,28)14-9-5-4-6-10-14/h4-6,9-10,15,23H,1-3,7-8,11-13H2,(H,22,24)(H,25,26)(H4,19,20,21). The first-order valence-electron chi connectivity index (χ1n) is 9.34. The largest absolute Gasteiger partial charge is 0.480 e. The predicted octanol–water partition coefficient (Wildman–Crippen LogP) is 0.148. The van der Waals surface area contributed by atoms with Gasteiger partial charge in [0.15, 0.2) is 5.96 Å². The van der Waals surface area contributed by atoms with Gasteiger partial charge in [0.25, 0.3) is 0 Å². The molecule has 29 heavy (non-hydrogen) atoms. The lowest BCUT2D eigenvalue weighted by Gasteiger charge is -2.15. The van der Waals surface area contributed by atoms with Gasteiger partial charge in [-0.25, -0.2) is 8.42 Å². The Kier molecular flexibility index (Phi) is 10.7. The fourth-order valence-corrected chi connectivity index (χ4v) is 3.68. The van der Waals surface area contributed by atoms with E-state index in [1.807, 2.05) is 0 Å². The van der Waals surface area contributed by atoms with E-state index in [-0.39, 0.29) is 29.7 Å². The van der Waals surface area contributed by atoms with Crippen LogP contribution >= 0.6 is 0 Å². The Labute approximate surface area is 170 Å². The Morgan fingerprint density at radius 1 is 1.03 bits per heavy atom. The van der Waals surface area contributed by atoms with Crippen LogP contribution in [0.1, 0.15) is 38.5 Å². The number of rotatable bonds is 14. The van der Waals surface area contributed by atoms with Crippen molar-refractivity contribution in [2.75, 3.05) is 13.1 Å². The molecule has 0 spiro atoms. The highest BCUT2D eigenvalue weighted by Gasteiger charge is 2.25. The molecular weight excluding hydrogens is 398 g/mol. The van der Waals surface area contributed by atoms with Crippen LogP contribution in [0.5, 0.6) is 0 Å². The lowest BCUT2D eigenvalue weighted by atomic mass is 10.1. The highest BCUT2D eigenvalue weighted by atomic mass is 32.2. The quantitative estimate of drug-likeness (QED) is 0.159. The maximum Gasteiger partial charge on any atom is 0.323 e. The number of aliphatic imine (C=N–C) groups is 1. The van der Waals surface area contributed by atoms with Crippen molar-refractivity contribution in [1.29, 1.82) is 0 Å². The number of nitrogens with two attached hydrogens (primary N) is 2. The number of sulfonamides is 1. The summed E-state index contributed by atoms with van der Waals surface area (Å²) in [5.74, 6) is -1.62. The molecule has 0 saturated carbocycles. The van der Waals surface area contributed by atoms with E-state index in [2.05, 4.69) is 15.0 Å². The van der Waals surface area contributed by atoms with Crippen molar-refractivity contribution in [1.82, 2.24) is 10.0 Å². The van der Waals surface area contributed by atoms with Crippen LogP contribution in [0.3, 0.4) is 0 Å². The van der Waals surface area contributed by atoms with Crippen LogP contribution in [0.4, 0.5) is 0 Å². The molecule has 0 aliphatic carbocycles. The Hall–Kier alpha value is -2.66. The lowest BCUT2D eigenvalue weighted by molar-refractivity contribution is -0.138. The van der Waals surface area contributed by atoms with Gasteiger partial charge < -0.3 is 21.9 Å². The summed E-state index contributed by atoms with van der Waals surface area (Å²) in [4.78, 5) is 27.1. The maximum atomic E-state index is 12.2. The summed E-state index contributed by atoms with van der Waals surface area (Å²) in [5, 5.41) is 11.7. The summed E-state index contributed by atoms with van der Waals surface area (Å²) >= 11 is 0. The average molecular weight is 428 g/mol. The van der Waals surface area contributed by atoms with Crippen molar-refractivity contribution >= 4 is 27.9 Å². The Bertz CT molecular complexity index is 779. The van der Waals surface area contributed by atoms with Crippen molar-refractivity contribution < 1.29 is 23.1 Å². The third-order valence-corrected chi connectivity index (χ3v) is 5.50. The maximum absolute atomic E-state index is 12.2. The van der Waals surface area contributed by atoms with Crippen molar-refractivity contribution in [3.63, 3.8) is 0 Å². The minimum absolute atomic E-state index is 0.0441.